The Morgan fingerprint density at radius 1 is 0.870 bits per heavy atom. The summed E-state index contributed by atoms with van der Waals surface area (Å²) in [6, 6.07) is 14.1. The first-order chi connectivity index (χ1) is 11.0. The van der Waals surface area contributed by atoms with Crippen LogP contribution in [0.4, 0.5) is 0 Å². The van der Waals surface area contributed by atoms with E-state index in [0.29, 0.717) is 34.0 Å². The minimum Gasteiger partial charge on any atom is -0.334 e. The molecule has 0 aliphatic rings. The van der Waals surface area contributed by atoms with E-state index in [1.165, 1.54) is 13.8 Å². The van der Waals surface area contributed by atoms with Crippen molar-refractivity contribution >= 4 is 11.6 Å². The molecule has 0 saturated carbocycles. The van der Waals surface area contributed by atoms with Gasteiger partial charge in [0.2, 0.25) is 5.82 Å². The third kappa shape index (κ3) is 3.08. The number of benzene rings is 2. The second kappa shape index (κ2) is 5.96. The van der Waals surface area contributed by atoms with Gasteiger partial charge in [0, 0.05) is 22.3 Å². The molecule has 3 aromatic rings. The number of hydrogen-bond donors (Lipinski definition) is 0. The molecule has 0 unspecified atom stereocenters. The molecule has 1 heterocycles. The van der Waals surface area contributed by atoms with Gasteiger partial charge >= 0.3 is 0 Å². The number of hydrogen-bond acceptors (Lipinski definition) is 5. The Bertz CT molecular complexity index is 825. The zero-order chi connectivity index (χ0) is 16.4. The molecule has 23 heavy (non-hydrogen) atoms. The van der Waals surface area contributed by atoms with E-state index in [1.807, 2.05) is 6.07 Å². The SMILES string of the molecule is CC(=O)c1cccc(-c2noc(-c3cccc(C(C)=O)c3)n2)c1. The monoisotopic (exact) mass is 306 g/mol. The van der Waals surface area contributed by atoms with Crippen LogP contribution >= 0.6 is 0 Å². The van der Waals surface area contributed by atoms with E-state index in [1.54, 1.807) is 42.5 Å². The van der Waals surface area contributed by atoms with Crippen molar-refractivity contribution in [3.63, 3.8) is 0 Å². The summed E-state index contributed by atoms with van der Waals surface area (Å²) in [6.45, 7) is 3.01. The van der Waals surface area contributed by atoms with Crippen molar-refractivity contribution in [3.05, 3.63) is 59.7 Å². The fourth-order valence-electron chi connectivity index (χ4n) is 2.21. The highest BCUT2D eigenvalue weighted by atomic mass is 16.5. The van der Waals surface area contributed by atoms with Gasteiger partial charge in [-0.3, -0.25) is 9.59 Å². The molecule has 114 valence electrons. The maximum absolute atomic E-state index is 11.5. The number of ketones is 2. The number of carbonyl (C=O) groups excluding carboxylic acids is 2. The average Bonchev–Trinajstić information content (AvgIpc) is 3.05. The van der Waals surface area contributed by atoms with Crippen LogP contribution in [0, 0.1) is 0 Å². The highest BCUT2D eigenvalue weighted by Gasteiger charge is 2.12. The molecule has 1 aromatic heterocycles. The Labute approximate surface area is 133 Å². The minimum absolute atomic E-state index is 0.0234. The van der Waals surface area contributed by atoms with Crippen molar-refractivity contribution < 1.29 is 14.1 Å². The molecule has 0 spiro atoms. The van der Waals surface area contributed by atoms with Gasteiger partial charge in [0.05, 0.1) is 0 Å². The number of aromatic nitrogens is 2. The van der Waals surface area contributed by atoms with Crippen LogP contribution in [0.25, 0.3) is 22.8 Å². The van der Waals surface area contributed by atoms with Crippen molar-refractivity contribution in [2.45, 2.75) is 13.8 Å². The second-order valence-corrected chi connectivity index (χ2v) is 5.20. The standard InChI is InChI=1S/C18H14N2O3/c1-11(21)13-5-3-7-15(9-13)17-19-18(23-20-17)16-8-4-6-14(10-16)12(2)22/h3-10H,1-2H3. The van der Waals surface area contributed by atoms with E-state index in [2.05, 4.69) is 10.1 Å². The summed E-state index contributed by atoms with van der Waals surface area (Å²) in [4.78, 5) is 27.3. The predicted octanol–water partition coefficient (Wildman–Crippen LogP) is 3.81. The summed E-state index contributed by atoms with van der Waals surface area (Å²) in [5.41, 5.74) is 2.56. The van der Waals surface area contributed by atoms with Crippen molar-refractivity contribution in [3.8, 4) is 22.8 Å². The Balaban J connectivity index is 1.97. The summed E-state index contributed by atoms with van der Waals surface area (Å²) in [5.74, 6) is 0.679. The molecule has 0 atom stereocenters. The molecule has 5 heteroatoms. The largest absolute Gasteiger partial charge is 0.334 e. The summed E-state index contributed by atoms with van der Waals surface area (Å²) < 4.78 is 5.28. The molecule has 0 aliphatic heterocycles. The lowest BCUT2D eigenvalue weighted by molar-refractivity contribution is 0.100. The maximum Gasteiger partial charge on any atom is 0.258 e. The quantitative estimate of drug-likeness (QED) is 0.685. The molecular formula is C18H14N2O3. The van der Waals surface area contributed by atoms with Gasteiger partial charge in [-0.15, -0.1) is 0 Å². The predicted molar refractivity (Wildman–Crippen MR) is 85.2 cm³/mol. The number of nitrogens with zero attached hydrogens (tertiary/aromatic N) is 2. The summed E-state index contributed by atoms with van der Waals surface area (Å²) in [5, 5.41) is 3.96. The first-order valence-electron chi connectivity index (χ1n) is 7.11. The van der Waals surface area contributed by atoms with Gasteiger partial charge in [0.15, 0.2) is 11.6 Å². The van der Waals surface area contributed by atoms with Gasteiger partial charge in [-0.05, 0) is 32.0 Å². The smallest absolute Gasteiger partial charge is 0.258 e. The second-order valence-electron chi connectivity index (χ2n) is 5.20. The first kappa shape index (κ1) is 14.8. The third-order valence-electron chi connectivity index (χ3n) is 3.47. The van der Waals surface area contributed by atoms with Crippen molar-refractivity contribution in [2.24, 2.45) is 0 Å². The maximum atomic E-state index is 11.5. The summed E-state index contributed by atoms with van der Waals surface area (Å²) in [7, 11) is 0. The number of rotatable bonds is 4. The normalized spacial score (nSPS) is 10.5. The van der Waals surface area contributed by atoms with Crippen LogP contribution in [0.2, 0.25) is 0 Å². The van der Waals surface area contributed by atoms with Crippen molar-refractivity contribution in [1.82, 2.24) is 10.1 Å². The average molecular weight is 306 g/mol. The topological polar surface area (TPSA) is 73.1 Å². The molecule has 0 saturated heterocycles. The highest BCUT2D eigenvalue weighted by Crippen LogP contribution is 2.23. The Kier molecular flexibility index (Phi) is 3.85. The van der Waals surface area contributed by atoms with Gasteiger partial charge in [-0.1, -0.05) is 35.5 Å². The highest BCUT2D eigenvalue weighted by molar-refractivity contribution is 5.95. The zero-order valence-corrected chi connectivity index (χ0v) is 12.7. The van der Waals surface area contributed by atoms with Crippen LogP contribution in [0.5, 0.6) is 0 Å². The Morgan fingerprint density at radius 2 is 1.43 bits per heavy atom. The van der Waals surface area contributed by atoms with E-state index in [-0.39, 0.29) is 11.6 Å². The van der Waals surface area contributed by atoms with E-state index in [0.717, 1.165) is 0 Å². The third-order valence-corrected chi connectivity index (χ3v) is 3.47. The molecule has 0 fully saturated rings. The lowest BCUT2D eigenvalue weighted by Crippen LogP contribution is -1.92. The molecule has 3 rings (SSSR count). The van der Waals surface area contributed by atoms with Gasteiger partial charge in [0.25, 0.3) is 5.89 Å². The molecular weight excluding hydrogens is 292 g/mol. The lowest BCUT2D eigenvalue weighted by Gasteiger charge is -1.98. The van der Waals surface area contributed by atoms with Crippen LogP contribution < -0.4 is 0 Å². The number of Topliss-reactive ketones (excluding diaryl/α,β-unsaturated/α-hetero) is 2. The van der Waals surface area contributed by atoms with E-state index in [4.69, 9.17) is 4.52 Å². The van der Waals surface area contributed by atoms with Crippen LogP contribution in [0.1, 0.15) is 34.6 Å². The lowest BCUT2D eigenvalue weighted by atomic mass is 10.1. The molecule has 0 radical (unpaired) electrons. The zero-order valence-electron chi connectivity index (χ0n) is 12.7. The fraction of sp³-hybridized carbons (Fsp3) is 0.111. The van der Waals surface area contributed by atoms with Gasteiger partial charge < -0.3 is 4.52 Å². The summed E-state index contributed by atoms with van der Waals surface area (Å²) in [6.07, 6.45) is 0. The molecule has 0 bridgehead atoms. The van der Waals surface area contributed by atoms with E-state index < -0.39 is 0 Å². The van der Waals surface area contributed by atoms with Crippen molar-refractivity contribution in [2.75, 3.05) is 0 Å². The first-order valence-corrected chi connectivity index (χ1v) is 7.11. The Morgan fingerprint density at radius 3 is 2.04 bits per heavy atom. The van der Waals surface area contributed by atoms with Gasteiger partial charge in [-0.25, -0.2) is 0 Å². The van der Waals surface area contributed by atoms with Crippen LogP contribution in [-0.2, 0) is 0 Å². The van der Waals surface area contributed by atoms with Crippen molar-refractivity contribution in [1.29, 1.82) is 0 Å². The number of carbonyl (C=O) groups is 2. The molecule has 0 aliphatic carbocycles. The van der Waals surface area contributed by atoms with E-state index in [9.17, 15) is 9.59 Å². The molecule has 0 N–H and O–H groups in total. The Hall–Kier alpha value is -3.08. The summed E-state index contributed by atoms with van der Waals surface area (Å²) >= 11 is 0. The molecule has 5 nitrogen and oxygen atoms in total. The fourth-order valence-corrected chi connectivity index (χ4v) is 2.21. The van der Waals surface area contributed by atoms with Crippen LogP contribution in [0.15, 0.2) is 53.1 Å². The van der Waals surface area contributed by atoms with Gasteiger partial charge in [0.1, 0.15) is 0 Å². The minimum atomic E-state index is -0.0271. The van der Waals surface area contributed by atoms with E-state index >= 15 is 0 Å². The molecule has 2 aromatic carbocycles. The van der Waals surface area contributed by atoms with Crippen LogP contribution in [0.3, 0.4) is 0 Å². The van der Waals surface area contributed by atoms with Crippen LogP contribution in [-0.4, -0.2) is 21.7 Å². The van der Waals surface area contributed by atoms with Gasteiger partial charge in [-0.2, -0.15) is 4.98 Å². The molecule has 0 amide bonds.